The molecule has 1 atom stereocenters. The van der Waals surface area contributed by atoms with E-state index < -0.39 is 0 Å². The summed E-state index contributed by atoms with van der Waals surface area (Å²) in [6, 6.07) is 13.7. The average Bonchev–Trinajstić information content (AvgIpc) is 2.67. The molecule has 2 aromatic rings. The van der Waals surface area contributed by atoms with E-state index in [0.717, 1.165) is 16.9 Å². The highest BCUT2D eigenvalue weighted by Gasteiger charge is 2.25. The van der Waals surface area contributed by atoms with Crippen LogP contribution in [0.25, 0.3) is 0 Å². The van der Waals surface area contributed by atoms with Crippen molar-refractivity contribution in [2.24, 2.45) is 0 Å². The van der Waals surface area contributed by atoms with E-state index in [4.69, 9.17) is 9.47 Å². The zero-order valence-electron chi connectivity index (χ0n) is 14.8. The number of amides is 2. The Morgan fingerprint density at radius 3 is 2.88 bits per heavy atom. The van der Waals surface area contributed by atoms with Crippen molar-refractivity contribution in [1.29, 1.82) is 0 Å². The van der Waals surface area contributed by atoms with E-state index in [0.29, 0.717) is 32.8 Å². The van der Waals surface area contributed by atoms with Crippen LogP contribution in [0.5, 0.6) is 5.75 Å². The van der Waals surface area contributed by atoms with Crippen LogP contribution in [0.15, 0.2) is 48.5 Å². The maximum absolute atomic E-state index is 13.1. The van der Waals surface area contributed by atoms with Gasteiger partial charge in [0.05, 0.1) is 19.8 Å². The minimum atomic E-state index is -0.284. The van der Waals surface area contributed by atoms with Crippen LogP contribution in [-0.2, 0) is 11.3 Å². The first kappa shape index (κ1) is 18.2. The van der Waals surface area contributed by atoms with Gasteiger partial charge in [0, 0.05) is 13.1 Å². The van der Waals surface area contributed by atoms with Gasteiger partial charge >= 0.3 is 6.03 Å². The highest BCUT2D eigenvalue weighted by Crippen LogP contribution is 2.22. The van der Waals surface area contributed by atoms with Crippen LogP contribution in [0.2, 0.25) is 0 Å². The van der Waals surface area contributed by atoms with Crippen molar-refractivity contribution in [3.8, 4) is 5.75 Å². The van der Waals surface area contributed by atoms with Gasteiger partial charge in [0.1, 0.15) is 17.7 Å². The zero-order chi connectivity index (χ0) is 18.4. The Kier molecular flexibility index (Phi) is 6.07. The van der Waals surface area contributed by atoms with E-state index in [1.165, 1.54) is 12.1 Å². The molecule has 5 nitrogen and oxygen atoms in total. The standard InChI is InChI=1S/C20H23FN2O3/c1-2-25-18-5-3-4-15(12-18)13-22-20(24)23-10-11-26-19(14-23)16-6-8-17(21)9-7-16/h3-9,12,19H,2,10-11,13-14H2,1H3,(H,22,24). The van der Waals surface area contributed by atoms with Gasteiger partial charge < -0.3 is 19.7 Å². The quantitative estimate of drug-likeness (QED) is 0.890. The van der Waals surface area contributed by atoms with Gasteiger partial charge in [0.2, 0.25) is 0 Å². The van der Waals surface area contributed by atoms with Gasteiger partial charge in [-0.05, 0) is 42.3 Å². The fourth-order valence-electron chi connectivity index (χ4n) is 2.91. The molecule has 0 saturated carbocycles. The highest BCUT2D eigenvalue weighted by atomic mass is 19.1. The maximum atomic E-state index is 13.1. The number of hydrogen-bond acceptors (Lipinski definition) is 3. The lowest BCUT2D eigenvalue weighted by molar-refractivity contribution is -0.0155. The Bertz CT molecular complexity index is 736. The molecule has 1 unspecified atom stereocenters. The Hall–Kier alpha value is -2.60. The molecule has 0 bridgehead atoms. The Balaban J connectivity index is 1.55. The molecule has 138 valence electrons. The molecule has 6 heteroatoms. The molecule has 1 N–H and O–H groups in total. The molecule has 0 aromatic heterocycles. The normalized spacial score (nSPS) is 17.0. The lowest BCUT2D eigenvalue weighted by Gasteiger charge is -2.33. The maximum Gasteiger partial charge on any atom is 0.317 e. The fraction of sp³-hybridized carbons (Fsp3) is 0.350. The summed E-state index contributed by atoms with van der Waals surface area (Å²) in [5.74, 6) is 0.510. The molecule has 1 aliphatic rings. The lowest BCUT2D eigenvalue weighted by Crippen LogP contribution is -2.46. The van der Waals surface area contributed by atoms with Crippen molar-refractivity contribution in [3.05, 3.63) is 65.5 Å². The molecule has 2 amide bonds. The minimum Gasteiger partial charge on any atom is -0.494 e. The molecule has 0 aliphatic carbocycles. The molecule has 3 rings (SSSR count). The van der Waals surface area contributed by atoms with Crippen LogP contribution in [-0.4, -0.2) is 37.2 Å². The topological polar surface area (TPSA) is 50.8 Å². The second kappa shape index (κ2) is 8.67. The van der Waals surface area contributed by atoms with Gasteiger partial charge in [0.25, 0.3) is 0 Å². The Morgan fingerprint density at radius 1 is 1.31 bits per heavy atom. The molecule has 26 heavy (non-hydrogen) atoms. The van der Waals surface area contributed by atoms with Gasteiger partial charge in [-0.15, -0.1) is 0 Å². The SMILES string of the molecule is CCOc1cccc(CNC(=O)N2CCOC(c3ccc(F)cc3)C2)c1. The largest absolute Gasteiger partial charge is 0.494 e. The second-order valence-corrected chi connectivity index (χ2v) is 6.10. The van der Waals surface area contributed by atoms with Crippen LogP contribution in [0.3, 0.4) is 0 Å². The number of morpholine rings is 1. The first-order valence-electron chi connectivity index (χ1n) is 8.77. The third kappa shape index (κ3) is 4.73. The number of halogens is 1. The predicted octanol–water partition coefficient (Wildman–Crippen LogP) is 3.51. The number of benzene rings is 2. The number of nitrogens with one attached hydrogen (secondary N) is 1. The van der Waals surface area contributed by atoms with Crippen molar-refractivity contribution in [2.45, 2.75) is 19.6 Å². The molecule has 0 radical (unpaired) electrons. The van der Waals surface area contributed by atoms with Crippen LogP contribution in [0, 0.1) is 5.82 Å². The molecule has 1 saturated heterocycles. The first-order chi connectivity index (χ1) is 12.7. The lowest BCUT2D eigenvalue weighted by atomic mass is 10.1. The fourth-order valence-corrected chi connectivity index (χ4v) is 2.91. The molecule has 1 heterocycles. The van der Waals surface area contributed by atoms with E-state index in [1.807, 2.05) is 31.2 Å². The minimum absolute atomic E-state index is 0.137. The average molecular weight is 358 g/mol. The summed E-state index contributed by atoms with van der Waals surface area (Å²) in [6.45, 7) is 4.39. The van der Waals surface area contributed by atoms with Gasteiger partial charge in [0.15, 0.2) is 0 Å². The van der Waals surface area contributed by atoms with Gasteiger partial charge in [-0.2, -0.15) is 0 Å². The smallest absolute Gasteiger partial charge is 0.317 e. The van der Waals surface area contributed by atoms with E-state index in [2.05, 4.69) is 5.32 Å². The predicted molar refractivity (Wildman–Crippen MR) is 96.5 cm³/mol. The molecule has 1 aliphatic heterocycles. The third-order valence-corrected chi connectivity index (χ3v) is 4.25. The van der Waals surface area contributed by atoms with Crippen molar-refractivity contribution < 1.29 is 18.7 Å². The van der Waals surface area contributed by atoms with E-state index >= 15 is 0 Å². The summed E-state index contributed by atoms with van der Waals surface area (Å²) in [5, 5.41) is 2.94. The second-order valence-electron chi connectivity index (χ2n) is 6.10. The first-order valence-corrected chi connectivity index (χ1v) is 8.77. The molecular weight excluding hydrogens is 335 g/mol. The van der Waals surface area contributed by atoms with E-state index in [1.54, 1.807) is 17.0 Å². The molecule has 2 aromatic carbocycles. The van der Waals surface area contributed by atoms with Gasteiger partial charge in [-0.1, -0.05) is 24.3 Å². The summed E-state index contributed by atoms with van der Waals surface area (Å²) in [6.07, 6.45) is -0.239. The van der Waals surface area contributed by atoms with Crippen LogP contribution in [0.4, 0.5) is 9.18 Å². The number of carbonyl (C=O) groups is 1. The summed E-state index contributed by atoms with van der Waals surface area (Å²) < 4.78 is 24.3. The Labute approximate surface area is 152 Å². The number of ether oxygens (including phenoxy) is 2. The van der Waals surface area contributed by atoms with Gasteiger partial charge in [-0.3, -0.25) is 0 Å². The Morgan fingerprint density at radius 2 is 2.12 bits per heavy atom. The molecule has 1 fully saturated rings. The number of hydrogen-bond donors (Lipinski definition) is 1. The monoisotopic (exact) mass is 358 g/mol. The number of carbonyl (C=O) groups excluding carboxylic acids is 1. The third-order valence-electron chi connectivity index (χ3n) is 4.25. The number of urea groups is 1. The van der Waals surface area contributed by atoms with E-state index in [-0.39, 0.29) is 18.0 Å². The summed E-state index contributed by atoms with van der Waals surface area (Å²) in [5.41, 5.74) is 1.85. The number of rotatable bonds is 5. The van der Waals surface area contributed by atoms with Crippen molar-refractivity contribution in [1.82, 2.24) is 10.2 Å². The molecular formula is C20H23FN2O3. The van der Waals surface area contributed by atoms with Crippen LogP contribution >= 0.6 is 0 Å². The highest BCUT2D eigenvalue weighted by molar-refractivity contribution is 5.74. The summed E-state index contributed by atoms with van der Waals surface area (Å²) >= 11 is 0. The number of nitrogens with zero attached hydrogens (tertiary/aromatic N) is 1. The summed E-state index contributed by atoms with van der Waals surface area (Å²) in [7, 11) is 0. The van der Waals surface area contributed by atoms with E-state index in [9.17, 15) is 9.18 Å². The van der Waals surface area contributed by atoms with Crippen molar-refractivity contribution in [2.75, 3.05) is 26.3 Å². The van der Waals surface area contributed by atoms with Crippen LogP contribution < -0.4 is 10.1 Å². The zero-order valence-corrected chi connectivity index (χ0v) is 14.8. The molecule has 0 spiro atoms. The van der Waals surface area contributed by atoms with Gasteiger partial charge in [-0.25, -0.2) is 9.18 Å². The van der Waals surface area contributed by atoms with Crippen molar-refractivity contribution in [3.63, 3.8) is 0 Å². The van der Waals surface area contributed by atoms with Crippen LogP contribution in [0.1, 0.15) is 24.2 Å². The van der Waals surface area contributed by atoms with Crippen molar-refractivity contribution >= 4 is 6.03 Å². The summed E-state index contributed by atoms with van der Waals surface area (Å²) in [4.78, 5) is 14.2.